The van der Waals surface area contributed by atoms with E-state index in [2.05, 4.69) is 20.6 Å². The maximum absolute atomic E-state index is 13.0. The third kappa shape index (κ3) is 6.16. The van der Waals surface area contributed by atoms with E-state index in [4.69, 9.17) is 14.2 Å². The SMILES string of the molecule is CN=C(NCCOc1ncccc1C(F)(F)F)NC(C)c1cc(OC)ccc1OC. The number of rotatable bonds is 8. The number of aromatic nitrogens is 1. The molecule has 0 saturated heterocycles. The van der Waals surface area contributed by atoms with E-state index in [0.29, 0.717) is 17.5 Å². The van der Waals surface area contributed by atoms with Crippen molar-refractivity contribution in [2.24, 2.45) is 4.99 Å². The van der Waals surface area contributed by atoms with Crippen LogP contribution in [-0.2, 0) is 6.18 Å². The van der Waals surface area contributed by atoms with E-state index in [1.807, 2.05) is 19.1 Å². The lowest BCUT2D eigenvalue weighted by Gasteiger charge is -2.21. The first-order valence-electron chi connectivity index (χ1n) is 9.14. The molecule has 1 atom stereocenters. The first-order chi connectivity index (χ1) is 14.3. The van der Waals surface area contributed by atoms with Crippen LogP contribution in [0.4, 0.5) is 13.2 Å². The van der Waals surface area contributed by atoms with Crippen LogP contribution in [0.5, 0.6) is 17.4 Å². The molecular weight excluding hydrogens is 401 g/mol. The normalized spacial score (nSPS) is 12.8. The topological polar surface area (TPSA) is 77.0 Å². The number of nitrogens with zero attached hydrogens (tertiary/aromatic N) is 2. The summed E-state index contributed by atoms with van der Waals surface area (Å²) in [5.74, 6) is 1.37. The smallest absolute Gasteiger partial charge is 0.421 e. The van der Waals surface area contributed by atoms with Crippen molar-refractivity contribution in [1.29, 1.82) is 0 Å². The van der Waals surface area contributed by atoms with Gasteiger partial charge in [-0.05, 0) is 37.3 Å². The first kappa shape index (κ1) is 23.1. The second-order valence-electron chi connectivity index (χ2n) is 6.18. The van der Waals surface area contributed by atoms with Crippen LogP contribution in [0.25, 0.3) is 0 Å². The van der Waals surface area contributed by atoms with Gasteiger partial charge in [0.2, 0.25) is 5.88 Å². The zero-order valence-corrected chi connectivity index (χ0v) is 17.2. The second kappa shape index (κ2) is 10.6. The monoisotopic (exact) mass is 426 g/mol. The van der Waals surface area contributed by atoms with E-state index in [1.54, 1.807) is 27.3 Å². The van der Waals surface area contributed by atoms with Crippen LogP contribution in [0.1, 0.15) is 24.1 Å². The average molecular weight is 426 g/mol. The Morgan fingerprint density at radius 1 is 1.20 bits per heavy atom. The van der Waals surface area contributed by atoms with E-state index >= 15 is 0 Å². The number of guanidine groups is 1. The number of methoxy groups -OCH3 is 2. The number of alkyl halides is 3. The maximum Gasteiger partial charge on any atom is 0.421 e. The van der Waals surface area contributed by atoms with Crippen LogP contribution in [-0.4, -0.2) is 45.4 Å². The Hall–Kier alpha value is -3.17. The van der Waals surface area contributed by atoms with Crippen LogP contribution in [0.15, 0.2) is 41.5 Å². The number of nitrogens with one attached hydrogen (secondary N) is 2. The highest BCUT2D eigenvalue weighted by Crippen LogP contribution is 2.34. The van der Waals surface area contributed by atoms with Crippen molar-refractivity contribution in [3.8, 4) is 17.4 Å². The molecule has 0 fully saturated rings. The van der Waals surface area contributed by atoms with E-state index in [-0.39, 0.29) is 19.2 Å². The Bertz CT molecular complexity index is 859. The minimum Gasteiger partial charge on any atom is -0.497 e. The van der Waals surface area contributed by atoms with E-state index < -0.39 is 17.6 Å². The van der Waals surface area contributed by atoms with Gasteiger partial charge in [-0.25, -0.2) is 4.98 Å². The van der Waals surface area contributed by atoms with Crippen LogP contribution >= 0.6 is 0 Å². The second-order valence-corrected chi connectivity index (χ2v) is 6.18. The molecule has 2 rings (SSSR count). The minimum absolute atomic E-state index is 0.0301. The highest BCUT2D eigenvalue weighted by atomic mass is 19.4. The van der Waals surface area contributed by atoms with Gasteiger partial charge in [-0.1, -0.05) is 0 Å². The Labute approximate surface area is 173 Å². The fourth-order valence-corrected chi connectivity index (χ4v) is 2.69. The summed E-state index contributed by atoms with van der Waals surface area (Å²) in [6, 6.07) is 7.42. The number of hydrogen-bond donors (Lipinski definition) is 2. The lowest BCUT2D eigenvalue weighted by Crippen LogP contribution is -2.40. The predicted molar refractivity (Wildman–Crippen MR) is 107 cm³/mol. The van der Waals surface area contributed by atoms with Gasteiger partial charge in [0.25, 0.3) is 0 Å². The van der Waals surface area contributed by atoms with Crippen molar-refractivity contribution >= 4 is 5.96 Å². The Morgan fingerprint density at radius 2 is 1.97 bits per heavy atom. The molecule has 1 aromatic heterocycles. The molecule has 2 N–H and O–H groups in total. The first-order valence-corrected chi connectivity index (χ1v) is 9.14. The van der Waals surface area contributed by atoms with Crippen LogP contribution in [0.2, 0.25) is 0 Å². The standard InChI is InChI=1S/C20H25F3N4O3/c1-13(15-12-14(28-3)7-8-17(15)29-4)27-19(24-2)26-10-11-30-18-16(20(21,22)23)6-5-9-25-18/h5-9,12-13H,10-11H2,1-4H3,(H2,24,26,27). The predicted octanol–water partition coefficient (Wildman–Crippen LogP) is 3.42. The van der Waals surface area contributed by atoms with Crippen molar-refractivity contribution in [3.63, 3.8) is 0 Å². The number of aliphatic imine (C=N–C) groups is 1. The van der Waals surface area contributed by atoms with Crippen molar-refractivity contribution in [1.82, 2.24) is 15.6 Å². The van der Waals surface area contributed by atoms with Crippen molar-refractivity contribution in [2.45, 2.75) is 19.1 Å². The van der Waals surface area contributed by atoms with E-state index in [1.165, 1.54) is 12.3 Å². The molecule has 164 valence electrons. The number of hydrogen-bond acceptors (Lipinski definition) is 5. The third-order valence-electron chi connectivity index (χ3n) is 4.19. The summed E-state index contributed by atoms with van der Waals surface area (Å²) in [5.41, 5.74) is -0.0504. The third-order valence-corrected chi connectivity index (χ3v) is 4.19. The molecule has 2 aromatic rings. The molecule has 7 nitrogen and oxygen atoms in total. The molecule has 0 amide bonds. The minimum atomic E-state index is -4.53. The number of ether oxygens (including phenoxy) is 3. The molecule has 1 unspecified atom stereocenters. The maximum atomic E-state index is 13.0. The van der Waals surface area contributed by atoms with Crippen molar-refractivity contribution in [2.75, 3.05) is 34.4 Å². The van der Waals surface area contributed by atoms with E-state index in [0.717, 1.165) is 11.6 Å². The highest BCUT2D eigenvalue weighted by molar-refractivity contribution is 5.80. The molecule has 1 heterocycles. The van der Waals surface area contributed by atoms with Gasteiger partial charge in [0.15, 0.2) is 5.96 Å². The van der Waals surface area contributed by atoms with Gasteiger partial charge in [-0.2, -0.15) is 13.2 Å². The zero-order chi connectivity index (χ0) is 22.1. The largest absolute Gasteiger partial charge is 0.497 e. The Balaban J connectivity index is 1.94. The molecular formula is C20H25F3N4O3. The summed E-state index contributed by atoms with van der Waals surface area (Å²) in [6.07, 6.45) is -3.28. The Kier molecular flexibility index (Phi) is 8.14. The van der Waals surface area contributed by atoms with Gasteiger partial charge in [0, 0.05) is 18.8 Å². The summed E-state index contributed by atoms with van der Waals surface area (Å²) in [7, 11) is 4.75. The van der Waals surface area contributed by atoms with Crippen LogP contribution in [0, 0.1) is 0 Å². The summed E-state index contributed by atoms with van der Waals surface area (Å²) in [4.78, 5) is 7.79. The molecule has 0 radical (unpaired) electrons. The lowest BCUT2D eigenvalue weighted by molar-refractivity contribution is -0.139. The number of pyridine rings is 1. The van der Waals surface area contributed by atoms with E-state index in [9.17, 15) is 13.2 Å². The summed E-state index contributed by atoms with van der Waals surface area (Å²) < 4.78 is 54.8. The lowest BCUT2D eigenvalue weighted by atomic mass is 10.1. The summed E-state index contributed by atoms with van der Waals surface area (Å²) in [6.45, 7) is 2.11. The summed E-state index contributed by atoms with van der Waals surface area (Å²) >= 11 is 0. The molecule has 0 aliphatic rings. The molecule has 0 bridgehead atoms. The van der Waals surface area contributed by atoms with Crippen LogP contribution in [0.3, 0.4) is 0 Å². The fourth-order valence-electron chi connectivity index (χ4n) is 2.69. The van der Waals surface area contributed by atoms with Crippen LogP contribution < -0.4 is 24.8 Å². The molecule has 0 saturated carbocycles. The van der Waals surface area contributed by atoms with Gasteiger partial charge in [0.1, 0.15) is 23.7 Å². The molecule has 0 aliphatic carbocycles. The molecule has 10 heteroatoms. The van der Waals surface area contributed by atoms with Gasteiger partial charge in [-0.15, -0.1) is 0 Å². The molecule has 30 heavy (non-hydrogen) atoms. The number of halogens is 3. The van der Waals surface area contributed by atoms with Crippen molar-refractivity contribution < 1.29 is 27.4 Å². The van der Waals surface area contributed by atoms with Gasteiger partial charge < -0.3 is 24.8 Å². The fraction of sp³-hybridized carbons (Fsp3) is 0.400. The average Bonchev–Trinajstić information content (AvgIpc) is 2.74. The van der Waals surface area contributed by atoms with Crippen molar-refractivity contribution in [3.05, 3.63) is 47.7 Å². The van der Waals surface area contributed by atoms with Gasteiger partial charge in [-0.3, -0.25) is 4.99 Å². The molecule has 1 aromatic carbocycles. The highest BCUT2D eigenvalue weighted by Gasteiger charge is 2.35. The van der Waals surface area contributed by atoms with Gasteiger partial charge >= 0.3 is 6.18 Å². The summed E-state index contributed by atoms with van der Waals surface area (Å²) in [5, 5.41) is 6.19. The number of benzene rings is 1. The zero-order valence-electron chi connectivity index (χ0n) is 17.2. The Morgan fingerprint density at radius 3 is 2.60 bits per heavy atom. The quantitative estimate of drug-likeness (QED) is 0.383. The molecule has 0 aliphatic heterocycles. The van der Waals surface area contributed by atoms with Gasteiger partial charge in [0.05, 0.1) is 26.8 Å². The molecule has 0 spiro atoms.